The molecule has 2 aromatic carbocycles. The Morgan fingerprint density at radius 3 is 2.35 bits per heavy atom. The van der Waals surface area contributed by atoms with Gasteiger partial charge < -0.3 is 20.5 Å². The summed E-state index contributed by atoms with van der Waals surface area (Å²) in [6.45, 7) is 0. The highest BCUT2D eigenvalue weighted by Crippen LogP contribution is 2.34. The van der Waals surface area contributed by atoms with Gasteiger partial charge in [0.15, 0.2) is 0 Å². The van der Waals surface area contributed by atoms with Crippen molar-refractivity contribution in [2.75, 3.05) is 17.7 Å². The Kier molecular flexibility index (Phi) is 4.48. The molecule has 2 aromatic rings. The van der Waals surface area contributed by atoms with Crippen LogP contribution in [0.2, 0.25) is 0 Å². The molecular formula is C18H20N2O3. The van der Waals surface area contributed by atoms with Crippen LogP contribution in [-0.2, 0) is 9.53 Å². The second-order valence-electron chi connectivity index (χ2n) is 5.60. The Morgan fingerprint density at radius 2 is 1.70 bits per heavy atom. The number of rotatable bonds is 4. The number of anilines is 2. The zero-order valence-electron chi connectivity index (χ0n) is 12.9. The maximum atomic E-state index is 11.7. The van der Waals surface area contributed by atoms with Crippen molar-refractivity contribution < 1.29 is 14.6 Å². The van der Waals surface area contributed by atoms with Gasteiger partial charge in [0.1, 0.15) is 6.10 Å². The number of fused-ring (bicyclic) bond motifs is 1. The molecule has 5 heteroatoms. The van der Waals surface area contributed by atoms with Gasteiger partial charge in [0.25, 0.3) is 0 Å². The van der Waals surface area contributed by atoms with Crippen molar-refractivity contribution in [3.05, 3.63) is 60.2 Å². The van der Waals surface area contributed by atoms with Gasteiger partial charge in [0.05, 0.1) is 37.0 Å². The second-order valence-corrected chi connectivity index (χ2v) is 5.60. The topological polar surface area (TPSA) is 70.6 Å². The van der Waals surface area contributed by atoms with Gasteiger partial charge in [-0.25, -0.2) is 0 Å². The summed E-state index contributed by atoms with van der Waals surface area (Å²) in [5.41, 5.74) is 2.63. The minimum absolute atomic E-state index is 0.173. The number of carbonyl (C=O) groups is 1. The number of benzene rings is 2. The summed E-state index contributed by atoms with van der Waals surface area (Å²) < 4.78 is 4.79. The Bertz CT molecular complexity index is 675. The smallest absolute Gasteiger partial charge is 0.307 e. The minimum Gasteiger partial charge on any atom is -0.469 e. The summed E-state index contributed by atoms with van der Waals surface area (Å²) in [5, 5.41) is 17.5. The number of esters is 1. The molecule has 3 atom stereocenters. The Hall–Kier alpha value is -2.53. The molecule has 0 unspecified atom stereocenters. The number of hydrogen-bond acceptors (Lipinski definition) is 5. The van der Waals surface area contributed by atoms with Crippen molar-refractivity contribution >= 4 is 17.3 Å². The third-order valence-corrected chi connectivity index (χ3v) is 4.12. The van der Waals surface area contributed by atoms with E-state index in [0.29, 0.717) is 0 Å². The number of methoxy groups -OCH3 is 1. The first kappa shape index (κ1) is 15.4. The van der Waals surface area contributed by atoms with Crippen LogP contribution < -0.4 is 10.6 Å². The summed E-state index contributed by atoms with van der Waals surface area (Å²) in [4.78, 5) is 11.7. The Balaban J connectivity index is 1.89. The third kappa shape index (κ3) is 3.29. The average molecular weight is 312 g/mol. The lowest BCUT2D eigenvalue weighted by molar-refractivity contribution is -0.141. The van der Waals surface area contributed by atoms with Gasteiger partial charge in [0.2, 0.25) is 0 Å². The number of aliphatic hydroxyl groups excluding tert-OH is 1. The predicted molar refractivity (Wildman–Crippen MR) is 89.3 cm³/mol. The molecule has 0 amide bonds. The SMILES string of the molecule is COC(=O)C[C@@H]1Nc2ccccc2N[C@@H]1[C@@H](O)c1ccccc1. The molecule has 0 bridgehead atoms. The Labute approximate surface area is 135 Å². The lowest BCUT2D eigenvalue weighted by Crippen LogP contribution is -2.47. The van der Waals surface area contributed by atoms with E-state index in [4.69, 9.17) is 4.74 Å². The lowest BCUT2D eigenvalue weighted by atomic mass is 9.91. The summed E-state index contributed by atoms with van der Waals surface area (Å²) in [7, 11) is 1.37. The molecule has 3 rings (SSSR count). The van der Waals surface area contributed by atoms with Gasteiger partial charge in [-0.05, 0) is 17.7 Å². The molecule has 120 valence electrons. The third-order valence-electron chi connectivity index (χ3n) is 4.12. The zero-order valence-corrected chi connectivity index (χ0v) is 12.9. The highest BCUT2D eigenvalue weighted by Gasteiger charge is 2.35. The van der Waals surface area contributed by atoms with Crippen molar-refractivity contribution in [2.24, 2.45) is 0 Å². The summed E-state index contributed by atoms with van der Waals surface area (Å²) >= 11 is 0. The van der Waals surface area contributed by atoms with Gasteiger partial charge in [0, 0.05) is 0 Å². The first-order chi connectivity index (χ1) is 11.2. The van der Waals surface area contributed by atoms with Crippen LogP contribution >= 0.6 is 0 Å². The molecule has 0 saturated carbocycles. The largest absolute Gasteiger partial charge is 0.469 e. The first-order valence-corrected chi connectivity index (χ1v) is 7.61. The maximum Gasteiger partial charge on any atom is 0.307 e. The van der Waals surface area contributed by atoms with E-state index in [1.807, 2.05) is 54.6 Å². The highest BCUT2D eigenvalue weighted by atomic mass is 16.5. The molecule has 0 aromatic heterocycles. The van der Waals surface area contributed by atoms with Crippen molar-refractivity contribution in [1.82, 2.24) is 0 Å². The second kappa shape index (κ2) is 6.71. The van der Waals surface area contributed by atoms with Crippen LogP contribution in [0, 0.1) is 0 Å². The summed E-state index contributed by atoms with van der Waals surface area (Å²) in [6, 6.07) is 16.6. The average Bonchev–Trinajstić information content (AvgIpc) is 2.61. The van der Waals surface area contributed by atoms with Gasteiger partial charge >= 0.3 is 5.97 Å². The summed E-state index contributed by atoms with van der Waals surface area (Å²) in [6.07, 6.45) is -0.571. The fourth-order valence-electron chi connectivity index (χ4n) is 2.90. The molecule has 1 aliphatic rings. The normalized spacial score (nSPS) is 20.6. The van der Waals surface area contributed by atoms with Crippen molar-refractivity contribution in [1.29, 1.82) is 0 Å². The van der Waals surface area contributed by atoms with Crippen LogP contribution in [0.25, 0.3) is 0 Å². The number of ether oxygens (including phenoxy) is 1. The van der Waals surface area contributed by atoms with Crippen LogP contribution in [0.4, 0.5) is 11.4 Å². The molecule has 1 heterocycles. The van der Waals surface area contributed by atoms with E-state index < -0.39 is 6.10 Å². The van der Waals surface area contributed by atoms with Crippen LogP contribution in [0.1, 0.15) is 18.1 Å². The highest BCUT2D eigenvalue weighted by molar-refractivity contribution is 5.76. The van der Waals surface area contributed by atoms with Gasteiger partial charge in [-0.1, -0.05) is 42.5 Å². The number of aliphatic hydroxyl groups is 1. The summed E-state index contributed by atoms with van der Waals surface area (Å²) in [5.74, 6) is -0.311. The fourth-order valence-corrected chi connectivity index (χ4v) is 2.90. The number of para-hydroxylation sites is 2. The molecule has 23 heavy (non-hydrogen) atoms. The first-order valence-electron chi connectivity index (χ1n) is 7.61. The monoisotopic (exact) mass is 312 g/mol. The molecule has 5 nitrogen and oxygen atoms in total. The molecule has 0 fully saturated rings. The quantitative estimate of drug-likeness (QED) is 0.757. The van der Waals surface area contributed by atoms with Crippen LogP contribution in [0.15, 0.2) is 54.6 Å². The standard InChI is InChI=1S/C18H20N2O3/c1-23-16(21)11-15-17(18(22)12-7-3-2-4-8-12)20-14-10-6-5-9-13(14)19-15/h2-10,15,17-20,22H,11H2,1H3/t15-,17-,18-/m0/s1. The predicted octanol–water partition coefficient (Wildman–Crippen LogP) is 2.56. The van der Waals surface area contributed by atoms with E-state index in [9.17, 15) is 9.90 Å². The van der Waals surface area contributed by atoms with Crippen molar-refractivity contribution in [3.8, 4) is 0 Å². The van der Waals surface area contributed by atoms with Crippen LogP contribution in [-0.4, -0.2) is 30.3 Å². The van der Waals surface area contributed by atoms with E-state index in [1.165, 1.54) is 7.11 Å². The van der Waals surface area contributed by atoms with Crippen molar-refractivity contribution in [3.63, 3.8) is 0 Å². The van der Waals surface area contributed by atoms with E-state index in [1.54, 1.807) is 0 Å². The number of nitrogens with one attached hydrogen (secondary N) is 2. The van der Waals surface area contributed by atoms with Gasteiger partial charge in [-0.15, -0.1) is 0 Å². The van der Waals surface area contributed by atoms with Gasteiger partial charge in [-0.3, -0.25) is 4.79 Å². The molecule has 0 saturated heterocycles. The Morgan fingerprint density at radius 1 is 1.09 bits per heavy atom. The fraction of sp³-hybridized carbons (Fsp3) is 0.278. The molecule has 0 aliphatic carbocycles. The van der Waals surface area contributed by atoms with Crippen LogP contribution in [0.5, 0.6) is 0 Å². The van der Waals surface area contributed by atoms with Gasteiger partial charge in [-0.2, -0.15) is 0 Å². The van der Waals surface area contributed by atoms with E-state index in [0.717, 1.165) is 16.9 Å². The molecule has 0 radical (unpaired) electrons. The molecular weight excluding hydrogens is 292 g/mol. The maximum absolute atomic E-state index is 11.7. The molecule has 1 aliphatic heterocycles. The number of hydrogen-bond donors (Lipinski definition) is 3. The van der Waals surface area contributed by atoms with E-state index in [2.05, 4.69) is 10.6 Å². The van der Waals surface area contributed by atoms with Crippen molar-refractivity contribution in [2.45, 2.75) is 24.6 Å². The lowest BCUT2D eigenvalue weighted by Gasteiger charge is -2.38. The zero-order chi connectivity index (χ0) is 16.2. The molecule has 0 spiro atoms. The van der Waals surface area contributed by atoms with E-state index in [-0.39, 0.29) is 24.5 Å². The minimum atomic E-state index is -0.744. The van der Waals surface area contributed by atoms with Crippen LogP contribution in [0.3, 0.4) is 0 Å². The number of carbonyl (C=O) groups excluding carboxylic acids is 1. The van der Waals surface area contributed by atoms with E-state index >= 15 is 0 Å². The molecule has 3 N–H and O–H groups in total.